The van der Waals surface area contributed by atoms with Crippen molar-refractivity contribution in [1.82, 2.24) is 0 Å². The van der Waals surface area contributed by atoms with Crippen LogP contribution in [-0.4, -0.2) is 11.8 Å². The Kier molecular flexibility index (Phi) is 1.33. The smallest absolute Gasteiger partial charge is 0.0604 e. The summed E-state index contributed by atoms with van der Waals surface area (Å²) in [6.45, 7) is 2.31. The minimum absolute atomic E-state index is 0.372. The molecule has 0 bridgehead atoms. The van der Waals surface area contributed by atoms with Crippen molar-refractivity contribution in [1.29, 1.82) is 0 Å². The topological polar surface area (TPSA) is 12.4 Å². The van der Waals surface area contributed by atoms with Crippen LogP contribution in [0, 0.1) is 5.92 Å². The lowest BCUT2D eigenvalue weighted by Crippen LogP contribution is -2.41. The fourth-order valence-corrected chi connectivity index (χ4v) is 2.12. The molecule has 0 amide bonds. The third-order valence-electron chi connectivity index (χ3n) is 3.15. The van der Waals surface area contributed by atoms with E-state index in [9.17, 15) is 0 Å². The zero-order chi connectivity index (χ0) is 7.03. The number of hydrogen-bond acceptors (Lipinski definition) is 1. The first-order valence-electron chi connectivity index (χ1n) is 4.35. The minimum atomic E-state index is 0.372. The Morgan fingerprint density at radius 3 is 3.10 bits per heavy atom. The average molecular weight is 137 g/mol. The maximum Gasteiger partial charge on any atom is 0.0604 e. The summed E-state index contributed by atoms with van der Waals surface area (Å²) in [6, 6.07) is 0. The molecule has 0 aromatic heterocycles. The molecule has 1 fully saturated rings. The van der Waals surface area contributed by atoms with Crippen LogP contribution < -0.4 is 0 Å². The third kappa shape index (κ3) is 0.799. The molecule has 0 N–H and O–H groups in total. The molecule has 0 spiro atoms. The van der Waals surface area contributed by atoms with Crippen molar-refractivity contribution in [2.24, 2.45) is 10.9 Å². The summed E-state index contributed by atoms with van der Waals surface area (Å²) >= 11 is 0. The van der Waals surface area contributed by atoms with Crippen LogP contribution >= 0.6 is 0 Å². The molecule has 2 atom stereocenters. The van der Waals surface area contributed by atoms with Crippen LogP contribution in [-0.2, 0) is 0 Å². The van der Waals surface area contributed by atoms with E-state index >= 15 is 0 Å². The van der Waals surface area contributed by atoms with Crippen molar-refractivity contribution in [3.8, 4) is 0 Å². The van der Waals surface area contributed by atoms with Crippen molar-refractivity contribution < 1.29 is 0 Å². The Labute approximate surface area is 62.5 Å². The molecule has 1 saturated carbocycles. The number of fused-ring (bicyclic) bond motifs is 1. The quantitative estimate of drug-likeness (QED) is 0.486. The fraction of sp³-hybridized carbons (Fsp3) is 0.889. The standard InChI is InChI=1S/C9H15N/c1-9-6-5-8(9)4-2-3-7-10-9/h7-8H,2-6H2,1H3. The van der Waals surface area contributed by atoms with Gasteiger partial charge in [-0.15, -0.1) is 0 Å². The van der Waals surface area contributed by atoms with Gasteiger partial charge in [0.25, 0.3) is 0 Å². The highest BCUT2D eigenvalue weighted by Crippen LogP contribution is 2.45. The van der Waals surface area contributed by atoms with Crippen molar-refractivity contribution in [3.05, 3.63) is 0 Å². The minimum Gasteiger partial charge on any atom is -0.291 e. The van der Waals surface area contributed by atoms with E-state index in [1.807, 2.05) is 0 Å². The van der Waals surface area contributed by atoms with Crippen molar-refractivity contribution in [3.63, 3.8) is 0 Å². The summed E-state index contributed by atoms with van der Waals surface area (Å²) in [7, 11) is 0. The highest BCUT2D eigenvalue weighted by molar-refractivity contribution is 5.58. The Balaban J connectivity index is 2.14. The molecule has 1 aliphatic carbocycles. The number of rotatable bonds is 0. The second-order valence-corrected chi connectivity index (χ2v) is 3.84. The van der Waals surface area contributed by atoms with E-state index in [4.69, 9.17) is 0 Å². The Bertz CT molecular complexity index is 162. The molecule has 2 aliphatic rings. The fourth-order valence-electron chi connectivity index (χ4n) is 2.12. The van der Waals surface area contributed by atoms with Gasteiger partial charge in [0.1, 0.15) is 0 Å². The van der Waals surface area contributed by atoms with Crippen LogP contribution in [0.2, 0.25) is 0 Å². The molecule has 0 saturated heterocycles. The van der Waals surface area contributed by atoms with Gasteiger partial charge in [-0.05, 0) is 51.2 Å². The zero-order valence-corrected chi connectivity index (χ0v) is 6.64. The summed E-state index contributed by atoms with van der Waals surface area (Å²) in [4.78, 5) is 4.60. The van der Waals surface area contributed by atoms with Gasteiger partial charge in [-0.1, -0.05) is 0 Å². The van der Waals surface area contributed by atoms with Gasteiger partial charge in [0.2, 0.25) is 0 Å². The molecule has 1 heterocycles. The third-order valence-corrected chi connectivity index (χ3v) is 3.15. The Hall–Kier alpha value is -0.330. The summed E-state index contributed by atoms with van der Waals surface area (Å²) in [5.41, 5.74) is 0.372. The predicted octanol–water partition coefficient (Wildman–Crippen LogP) is 2.41. The van der Waals surface area contributed by atoms with E-state index in [-0.39, 0.29) is 0 Å². The lowest BCUT2D eigenvalue weighted by molar-refractivity contribution is 0.143. The predicted molar refractivity (Wildman–Crippen MR) is 43.5 cm³/mol. The van der Waals surface area contributed by atoms with Gasteiger partial charge in [-0.3, -0.25) is 4.99 Å². The normalized spacial score (nSPS) is 45.5. The van der Waals surface area contributed by atoms with Gasteiger partial charge in [0.05, 0.1) is 5.54 Å². The summed E-state index contributed by atoms with van der Waals surface area (Å²) in [6.07, 6.45) is 8.88. The maximum atomic E-state index is 4.60. The molecule has 1 aliphatic heterocycles. The first kappa shape index (κ1) is 6.38. The average Bonchev–Trinajstić information content (AvgIpc) is 2.01. The van der Waals surface area contributed by atoms with Gasteiger partial charge in [0, 0.05) is 0 Å². The van der Waals surface area contributed by atoms with Crippen LogP contribution in [0.4, 0.5) is 0 Å². The molecular weight excluding hydrogens is 122 g/mol. The molecule has 2 unspecified atom stereocenters. The van der Waals surface area contributed by atoms with E-state index in [2.05, 4.69) is 18.1 Å². The lowest BCUT2D eigenvalue weighted by Gasteiger charge is -2.43. The molecule has 1 heteroatoms. The van der Waals surface area contributed by atoms with Crippen LogP contribution in [0.15, 0.2) is 4.99 Å². The second-order valence-electron chi connectivity index (χ2n) is 3.84. The monoisotopic (exact) mass is 137 g/mol. The SMILES string of the molecule is CC12CCC1CCCC=N2. The molecular formula is C9H15N. The molecule has 10 heavy (non-hydrogen) atoms. The second kappa shape index (κ2) is 2.08. The summed E-state index contributed by atoms with van der Waals surface area (Å²) in [5, 5.41) is 0. The van der Waals surface area contributed by atoms with Gasteiger partial charge in [0.15, 0.2) is 0 Å². The molecule has 2 rings (SSSR count). The van der Waals surface area contributed by atoms with Crippen molar-refractivity contribution in [2.75, 3.05) is 0 Å². The van der Waals surface area contributed by atoms with E-state index < -0.39 is 0 Å². The highest BCUT2D eigenvalue weighted by atomic mass is 14.9. The number of aliphatic imine (C=N–C) groups is 1. The Morgan fingerprint density at radius 1 is 1.50 bits per heavy atom. The molecule has 56 valence electrons. The summed E-state index contributed by atoms with van der Waals surface area (Å²) < 4.78 is 0. The van der Waals surface area contributed by atoms with E-state index in [0.29, 0.717) is 5.54 Å². The van der Waals surface area contributed by atoms with E-state index in [1.165, 1.54) is 32.1 Å². The van der Waals surface area contributed by atoms with Gasteiger partial charge in [-0.2, -0.15) is 0 Å². The van der Waals surface area contributed by atoms with Gasteiger partial charge >= 0.3 is 0 Å². The van der Waals surface area contributed by atoms with Crippen LogP contribution in [0.1, 0.15) is 39.0 Å². The number of nitrogens with zero attached hydrogens (tertiary/aromatic N) is 1. The lowest BCUT2D eigenvalue weighted by atomic mass is 9.67. The molecule has 1 nitrogen and oxygen atoms in total. The Morgan fingerprint density at radius 2 is 2.40 bits per heavy atom. The van der Waals surface area contributed by atoms with E-state index in [0.717, 1.165) is 5.92 Å². The molecule has 0 aromatic carbocycles. The van der Waals surface area contributed by atoms with Crippen LogP contribution in [0.25, 0.3) is 0 Å². The molecule has 0 radical (unpaired) electrons. The first-order chi connectivity index (χ1) is 4.81. The van der Waals surface area contributed by atoms with E-state index in [1.54, 1.807) is 0 Å². The van der Waals surface area contributed by atoms with Crippen molar-refractivity contribution >= 4 is 6.21 Å². The largest absolute Gasteiger partial charge is 0.291 e. The summed E-state index contributed by atoms with van der Waals surface area (Å²) in [5.74, 6) is 0.922. The van der Waals surface area contributed by atoms with Gasteiger partial charge in [-0.25, -0.2) is 0 Å². The van der Waals surface area contributed by atoms with Crippen LogP contribution in [0.5, 0.6) is 0 Å². The maximum absolute atomic E-state index is 4.60. The number of hydrogen-bond donors (Lipinski definition) is 0. The molecule has 0 aromatic rings. The first-order valence-corrected chi connectivity index (χ1v) is 4.35. The highest BCUT2D eigenvalue weighted by Gasteiger charge is 2.41. The van der Waals surface area contributed by atoms with Crippen molar-refractivity contribution in [2.45, 2.75) is 44.6 Å². The zero-order valence-electron chi connectivity index (χ0n) is 6.64. The van der Waals surface area contributed by atoms with Crippen LogP contribution in [0.3, 0.4) is 0 Å². The van der Waals surface area contributed by atoms with Gasteiger partial charge < -0.3 is 0 Å².